The zero-order valence-electron chi connectivity index (χ0n) is 80.4. The standard InChI is InChI=1S/C40H49N7O4.C34H47N5O4S.C32H42N6O4S.H3N/c48-37(44-22-18-30(19-23-44)46-27-28-10-2-5-13-33(28)41-39(46)50)26-34(38(49)45-24-16-29(17-25-45)43-20-8-1-9-21-43)42-40(51)47-35-14-6-3-11-31(35)32-12-4-7-15-36(32)47;40-29(23-30-8-6-20-44-30)21-26(33(42)38-18-10-27(11-19-38)36-14-4-1-5-15-36)22-32(41)37-16-12-28(13-17-37)39-24-25-7-2-3-9-31(25)35-34(39)43;39-29(36-16-12-25(13-17-36)38-22-23-7-2-3-8-26(23)34-32(38)42)21-27(33-30(40)28-9-6-20-43-28)31(41)37-18-10-24(11-19-37)35-14-4-1-5-15-35;/h2-7,10-15,29-30,34,40,42,51H,1,8-9,16-27H2,(H,41,50);2-3,6-9,20,26-28,32,41H,1,4-5,10-19,21-24H2,(H,35,43);2-3,6-9,20,24-25,27H,1,4-5,10-19,21-22H2,(H,33,40)(H,34,42);1H3/t34-,40?;26-,32+;27-;/m000./s1. The van der Waals surface area contributed by atoms with Crippen LogP contribution in [-0.4, -0.2) is 305 Å². The number of aliphatic hydroxyl groups is 2. The molecule has 5 atom stereocenters. The van der Waals surface area contributed by atoms with Crippen molar-refractivity contribution in [3.8, 4) is 0 Å². The summed E-state index contributed by atoms with van der Waals surface area (Å²) >= 11 is 2.88. The highest BCUT2D eigenvalue weighted by Crippen LogP contribution is 2.37. The number of hydrogen-bond donors (Lipinski definition) is 8. The van der Waals surface area contributed by atoms with E-state index < -0.39 is 30.6 Å². The zero-order chi connectivity index (χ0) is 95.1. The summed E-state index contributed by atoms with van der Waals surface area (Å²) in [5.41, 5.74) is 7.58. The molecule has 31 nitrogen and oxygen atoms in total. The fourth-order valence-electron chi connectivity index (χ4n) is 23.6. The maximum absolute atomic E-state index is 14.3. The lowest BCUT2D eigenvalue weighted by Crippen LogP contribution is -2.55. The third-order valence-electron chi connectivity index (χ3n) is 31.4. The predicted octanol–water partition coefficient (Wildman–Crippen LogP) is 13.6. The lowest BCUT2D eigenvalue weighted by atomic mass is 9.92. The van der Waals surface area contributed by atoms with E-state index in [4.69, 9.17) is 0 Å². The molecule has 9 fully saturated rings. The maximum Gasteiger partial charge on any atom is 0.322 e. The number of likely N-dealkylation sites (tertiary alicyclic amines) is 9. The molecule has 5 aromatic carbocycles. The molecular weight excluding hydrogens is 1800 g/mol. The molecule has 20 rings (SSSR count). The molecule has 744 valence electrons. The Hall–Kier alpha value is -10.7. The lowest BCUT2D eigenvalue weighted by Gasteiger charge is -2.43. The highest BCUT2D eigenvalue weighted by molar-refractivity contribution is 7.12. The highest BCUT2D eigenvalue weighted by Gasteiger charge is 2.43. The number of Topliss-reactive ketones (excluding diaryl/α,β-unsaturated/α-hetero) is 1. The molecule has 33 heteroatoms. The Kier molecular flexibility index (Phi) is 33.9. The van der Waals surface area contributed by atoms with Crippen LogP contribution in [0, 0.1) is 5.92 Å². The van der Waals surface area contributed by atoms with Gasteiger partial charge in [-0.1, -0.05) is 122 Å². The summed E-state index contributed by atoms with van der Waals surface area (Å²) in [4.78, 5) is 161. The molecule has 0 bridgehead atoms. The van der Waals surface area contributed by atoms with E-state index in [1.165, 1.54) is 69.1 Å². The van der Waals surface area contributed by atoms with E-state index >= 15 is 0 Å². The van der Waals surface area contributed by atoms with E-state index in [9.17, 15) is 58.2 Å². The van der Waals surface area contributed by atoms with Crippen LogP contribution < -0.4 is 32.7 Å². The minimum absolute atomic E-state index is 0. The average molecular weight is 1940 g/mol. The summed E-state index contributed by atoms with van der Waals surface area (Å²) in [5.74, 6) is -1.36. The number of ketones is 1. The number of rotatable bonds is 25. The molecule has 0 spiro atoms. The van der Waals surface area contributed by atoms with Gasteiger partial charge in [-0.2, -0.15) is 0 Å². The van der Waals surface area contributed by atoms with E-state index in [2.05, 4.69) is 41.3 Å². The minimum Gasteiger partial charge on any atom is -0.378 e. The number of amides is 12. The molecule has 3 aromatic heterocycles. The lowest BCUT2D eigenvalue weighted by molar-refractivity contribution is -0.142. The van der Waals surface area contributed by atoms with Crippen LogP contribution in [-0.2, 0) is 54.8 Å². The van der Waals surface area contributed by atoms with Crippen LogP contribution >= 0.6 is 22.7 Å². The van der Waals surface area contributed by atoms with Gasteiger partial charge in [-0.15, -0.1) is 22.7 Å². The normalized spacial score (nSPS) is 21.2. The smallest absolute Gasteiger partial charge is 0.322 e. The number of fused-ring (bicyclic) bond motifs is 6. The summed E-state index contributed by atoms with van der Waals surface area (Å²) in [6.45, 7) is 15.9. The Labute approximate surface area is 824 Å². The number of hydrogen-bond acceptors (Lipinski definition) is 20. The monoisotopic (exact) mass is 1940 g/mol. The van der Waals surface area contributed by atoms with Gasteiger partial charge in [0, 0.05) is 186 Å². The largest absolute Gasteiger partial charge is 0.378 e. The van der Waals surface area contributed by atoms with Crippen molar-refractivity contribution in [1.29, 1.82) is 0 Å². The van der Waals surface area contributed by atoms with Gasteiger partial charge in [0.15, 0.2) is 6.35 Å². The number of aromatic nitrogens is 1. The minimum atomic E-state index is -1.23. The van der Waals surface area contributed by atoms with Crippen molar-refractivity contribution in [2.75, 3.05) is 134 Å². The first-order valence-corrected chi connectivity index (χ1v) is 52.9. The number of carbonyl (C=O) groups excluding carboxylic acids is 10. The van der Waals surface area contributed by atoms with Gasteiger partial charge < -0.3 is 96.1 Å². The van der Waals surface area contributed by atoms with Gasteiger partial charge in [-0.3, -0.25) is 43.8 Å². The molecular formula is C106H141N19O12S2. The Balaban J connectivity index is 0.000000144. The number of benzene rings is 5. The zero-order valence-corrected chi connectivity index (χ0v) is 82.0. The number of thiophene rings is 2. The summed E-state index contributed by atoms with van der Waals surface area (Å²) in [6, 6.07) is 46.5. The van der Waals surface area contributed by atoms with Crippen molar-refractivity contribution in [2.24, 2.45) is 5.92 Å². The van der Waals surface area contributed by atoms with Crippen LogP contribution in [0.2, 0.25) is 0 Å². The summed E-state index contributed by atoms with van der Waals surface area (Å²) in [7, 11) is 0. The predicted molar refractivity (Wildman–Crippen MR) is 541 cm³/mol. The Bertz CT molecular complexity index is 5450. The van der Waals surface area contributed by atoms with Gasteiger partial charge in [0.05, 0.1) is 34.8 Å². The van der Waals surface area contributed by atoms with Crippen LogP contribution in [0.15, 0.2) is 156 Å². The number of urea groups is 3. The molecule has 15 heterocycles. The molecule has 139 heavy (non-hydrogen) atoms. The van der Waals surface area contributed by atoms with E-state index in [1.807, 2.05) is 188 Å². The second-order valence-corrected chi connectivity index (χ2v) is 41.9. The molecule has 8 aromatic rings. The third kappa shape index (κ3) is 24.4. The van der Waals surface area contributed by atoms with Crippen molar-refractivity contribution in [1.82, 2.24) is 80.2 Å². The highest BCUT2D eigenvalue weighted by atomic mass is 32.1. The van der Waals surface area contributed by atoms with Crippen molar-refractivity contribution < 1.29 is 58.2 Å². The molecule has 12 aliphatic rings. The summed E-state index contributed by atoms with van der Waals surface area (Å²) < 4.78 is 1.82. The first-order valence-electron chi connectivity index (χ1n) is 51.2. The maximum atomic E-state index is 14.3. The molecule has 12 amide bonds. The van der Waals surface area contributed by atoms with Crippen molar-refractivity contribution in [2.45, 2.75) is 247 Å². The van der Waals surface area contributed by atoms with Crippen LogP contribution in [0.4, 0.5) is 31.4 Å². The quantitative estimate of drug-likeness (QED) is 0.0246. The van der Waals surface area contributed by atoms with Crippen LogP contribution in [0.25, 0.3) is 21.8 Å². The Morgan fingerprint density at radius 3 is 1.14 bits per heavy atom. The molecule has 1 unspecified atom stereocenters. The van der Waals surface area contributed by atoms with Crippen LogP contribution in [0.3, 0.4) is 0 Å². The van der Waals surface area contributed by atoms with Crippen LogP contribution in [0.5, 0.6) is 0 Å². The van der Waals surface area contributed by atoms with Gasteiger partial charge in [-0.05, 0) is 231 Å². The van der Waals surface area contributed by atoms with E-state index in [-0.39, 0.29) is 109 Å². The van der Waals surface area contributed by atoms with Gasteiger partial charge in [0.1, 0.15) is 18.1 Å². The summed E-state index contributed by atoms with van der Waals surface area (Å²) in [5, 5.41) is 44.2. The van der Waals surface area contributed by atoms with Gasteiger partial charge in [0.25, 0.3) is 5.91 Å². The third-order valence-corrected chi connectivity index (χ3v) is 33.1. The van der Waals surface area contributed by atoms with Crippen LogP contribution in [0.1, 0.15) is 198 Å². The fraction of sp³-hybridized carbons (Fsp3) is 0.547. The van der Waals surface area contributed by atoms with E-state index in [0.29, 0.717) is 140 Å². The number of nitrogens with one attached hydrogen (secondary N) is 5. The first kappa shape index (κ1) is 99.8. The van der Waals surface area contributed by atoms with Gasteiger partial charge in [-0.25, -0.2) is 14.4 Å². The topological polar surface area (TPSA) is 350 Å². The SMILES string of the molecule is N.O=C(C[C@H](NC(O)n1c2ccccc2c2ccccc21)C(=O)N1CCC(N2CCCCC2)CC1)N1CCC(N2Cc3ccccc3NC2=O)CC1.O=C(Cc1cccs1)C[C@@H](C[C@@H](O)N1CCC(N2Cc3ccccc3NC2=O)CC1)C(=O)N1CCC(N2CCCCC2)CC1.O=C(N[C@@H](CC(=O)N1CCC(N2Cc3ccccc3NC2=O)CC1)C(=O)N1CCC(N2CCCCC2)CC1)c1cccs1. The van der Waals surface area contributed by atoms with Crippen molar-refractivity contribution in [3.05, 3.63) is 183 Å². The Morgan fingerprint density at radius 1 is 0.374 bits per heavy atom. The molecule has 0 saturated carbocycles. The van der Waals surface area contributed by atoms with Crippen molar-refractivity contribution >= 4 is 121 Å². The number of anilines is 3. The second-order valence-electron chi connectivity index (χ2n) is 39.9. The first-order chi connectivity index (χ1) is 67.3. The molecule has 10 N–H and O–H groups in total. The summed E-state index contributed by atoms with van der Waals surface area (Å²) in [6.07, 6.45) is 19.8. The van der Waals surface area contributed by atoms with Gasteiger partial charge in [0.2, 0.25) is 29.5 Å². The van der Waals surface area contributed by atoms with E-state index in [1.54, 1.807) is 28.4 Å². The number of aliphatic hydroxyl groups excluding tert-OH is 2. The van der Waals surface area contributed by atoms with Gasteiger partial charge >= 0.3 is 18.1 Å². The fourth-order valence-corrected chi connectivity index (χ4v) is 24.9. The average Bonchev–Trinajstić information content (AvgIpc) is 1.60. The molecule has 9 saturated heterocycles. The number of piperidine rings is 9. The molecule has 12 aliphatic heterocycles. The second kappa shape index (κ2) is 47.2. The molecule has 0 aliphatic carbocycles. The number of nitrogens with zero attached hydrogens (tertiary/aromatic N) is 13. The number of para-hydroxylation sites is 5. The number of carbonyl (C=O) groups is 10. The Morgan fingerprint density at radius 2 is 0.734 bits per heavy atom. The van der Waals surface area contributed by atoms with Crippen molar-refractivity contribution in [3.63, 3.8) is 0 Å². The van der Waals surface area contributed by atoms with E-state index in [0.717, 1.165) is 164 Å². The molecule has 0 radical (unpaired) electrons.